The van der Waals surface area contributed by atoms with E-state index in [1.165, 1.54) is 0 Å². The van der Waals surface area contributed by atoms with Crippen LogP contribution in [0.15, 0.2) is 36.4 Å². The minimum absolute atomic E-state index is 0.129. The molecule has 0 radical (unpaired) electrons. The lowest BCUT2D eigenvalue weighted by atomic mass is 10.0. The molecular formula is C16H20N2OS. The van der Waals surface area contributed by atoms with Crippen molar-refractivity contribution in [2.75, 3.05) is 18.1 Å². The first kappa shape index (κ1) is 14.8. The number of aliphatic hydroxyl groups is 1. The van der Waals surface area contributed by atoms with Gasteiger partial charge in [0.15, 0.2) is 0 Å². The predicted octanol–water partition coefficient (Wildman–Crippen LogP) is 2.68. The van der Waals surface area contributed by atoms with Crippen LogP contribution >= 0.6 is 12.2 Å². The van der Waals surface area contributed by atoms with Crippen molar-refractivity contribution in [3.63, 3.8) is 0 Å². The number of rotatable bonds is 5. The molecule has 0 unspecified atom stereocenters. The van der Waals surface area contributed by atoms with Gasteiger partial charge in [-0.1, -0.05) is 36.5 Å². The highest BCUT2D eigenvalue weighted by Crippen LogP contribution is 2.30. The summed E-state index contributed by atoms with van der Waals surface area (Å²) in [6.07, 6.45) is 0. The van der Waals surface area contributed by atoms with Crippen LogP contribution in [0.4, 0.5) is 5.69 Å². The van der Waals surface area contributed by atoms with Crippen molar-refractivity contribution in [1.29, 1.82) is 0 Å². The van der Waals surface area contributed by atoms with Crippen LogP contribution in [-0.4, -0.2) is 29.3 Å². The normalized spacial score (nSPS) is 11.0. The zero-order valence-electron chi connectivity index (χ0n) is 11.8. The van der Waals surface area contributed by atoms with E-state index in [1.54, 1.807) is 0 Å². The average molecular weight is 288 g/mol. The Kier molecular flexibility index (Phi) is 4.57. The van der Waals surface area contributed by atoms with E-state index in [2.05, 4.69) is 24.8 Å². The molecule has 0 aliphatic carbocycles. The number of thiocarbonyl (C=S) groups is 1. The fraction of sp³-hybridized carbons (Fsp3) is 0.312. The second kappa shape index (κ2) is 6.20. The first-order valence-corrected chi connectivity index (χ1v) is 7.16. The van der Waals surface area contributed by atoms with Crippen molar-refractivity contribution in [2.45, 2.75) is 19.9 Å². The number of aliphatic hydroxyl groups excluding tert-OH is 1. The first-order chi connectivity index (χ1) is 9.56. The number of hydrogen-bond acceptors (Lipinski definition) is 3. The van der Waals surface area contributed by atoms with E-state index in [9.17, 15) is 5.11 Å². The van der Waals surface area contributed by atoms with Crippen LogP contribution in [0.5, 0.6) is 0 Å². The third kappa shape index (κ3) is 2.76. The highest BCUT2D eigenvalue weighted by molar-refractivity contribution is 7.80. The highest BCUT2D eigenvalue weighted by atomic mass is 32.1. The van der Waals surface area contributed by atoms with E-state index in [1.807, 2.05) is 30.3 Å². The molecule has 0 aromatic heterocycles. The maximum absolute atomic E-state index is 9.28. The molecule has 0 aliphatic heterocycles. The topological polar surface area (TPSA) is 49.5 Å². The van der Waals surface area contributed by atoms with Gasteiger partial charge in [0, 0.05) is 29.2 Å². The molecule has 106 valence electrons. The van der Waals surface area contributed by atoms with Gasteiger partial charge in [-0.25, -0.2) is 0 Å². The largest absolute Gasteiger partial charge is 0.395 e. The summed E-state index contributed by atoms with van der Waals surface area (Å²) in [6.45, 7) is 4.97. The van der Waals surface area contributed by atoms with E-state index >= 15 is 0 Å². The summed E-state index contributed by atoms with van der Waals surface area (Å²) in [5.41, 5.74) is 7.80. The average Bonchev–Trinajstić information content (AvgIpc) is 2.43. The van der Waals surface area contributed by atoms with Crippen LogP contribution in [0.1, 0.15) is 19.4 Å². The van der Waals surface area contributed by atoms with Crippen molar-refractivity contribution in [1.82, 2.24) is 0 Å². The lowest BCUT2D eigenvalue weighted by Crippen LogP contribution is -2.33. The predicted molar refractivity (Wildman–Crippen MR) is 89.4 cm³/mol. The second-order valence-electron chi connectivity index (χ2n) is 5.05. The van der Waals surface area contributed by atoms with Gasteiger partial charge in [-0.05, 0) is 31.4 Å². The second-order valence-corrected chi connectivity index (χ2v) is 5.49. The van der Waals surface area contributed by atoms with Crippen molar-refractivity contribution in [2.24, 2.45) is 5.73 Å². The van der Waals surface area contributed by atoms with Crippen molar-refractivity contribution in [3.8, 4) is 0 Å². The molecule has 2 aromatic rings. The fourth-order valence-electron chi connectivity index (χ4n) is 2.51. The van der Waals surface area contributed by atoms with Gasteiger partial charge in [0.1, 0.15) is 4.99 Å². The molecule has 0 saturated carbocycles. The highest BCUT2D eigenvalue weighted by Gasteiger charge is 2.15. The van der Waals surface area contributed by atoms with E-state index in [-0.39, 0.29) is 6.61 Å². The van der Waals surface area contributed by atoms with Crippen molar-refractivity contribution >= 4 is 33.7 Å². The minimum atomic E-state index is 0.129. The van der Waals surface area contributed by atoms with Crippen LogP contribution < -0.4 is 10.6 Å². The molecule has 0 spiro atoms. The standard InChI is InChI=1S/C16H20N2OS/c1-11(2)18(9-10-19)15-8-7-14(16(17)20)12-5-3-4-6-13(12)15/h3-8,11,19H,9-10H2,1-2H3,(H2,17,20). The Morgan fingerprint density at radius 2 is 1.85 bits per heavy atom. The Labute approximate surface area is 125 Å². The summed E-state index contributed by atoms with van der Waals surface area (Å²) >= 11 is 5.13. The molecule has 0 atom stereocenters. The Balaban J connectivity index is 2.66. The molecule has 0 heterocycles. The molecule has 0 aliphatic rings. The lowest BCUT2D eigenvalue weighted by molar-refractivity contribution is 0.299. The third-order valence-electron chi connectivity index (χ3n) is 3.44. The van der Waals surface area contributed by atoms with Crippen LogP contribution in [0.3, 0.4) is 0 Å². The lowest BCUT2D eigenvalue weighted by Gasteiger charge is -2.30. The van der Waals surface area contributed by atoms with Crippen LogP contribution in [0.25, 0.3) is 10.8 Å². The molecule has 20 heavy (non-hydrogen) atoms. The molecule has 0 amide bonds. The molecule has 4 heteroatoms. The molecule has 0 fully saturated rings. The Morgan fingerprint density at radius 3 is 2.40 bits per heavy atom. The smallest absolute Gasteiger partial charge is 0.104 e. The number of nitrogens with zero attached hydrogens (tertiary/aromatic N) is 1. The van der Waals surface area contributed by atoms with E-state index in [0.717, 1.165) is 22.0 Å². The maximum Gasteiger partial charge on any atom is 0.104 e. The quantitative estimate of drug-likeness (QED) is 0.831. The monoisotopic (exact) mass is 288 g/mol. The van der Waals surface area contributed by atoms with Gasteiger partial charge < -0.3 is 15.7 Å². The van der Waals surface area contributed by atoms with E-state index in [4.69, 9.17) is 18.0 Å². The zero-order chi connectivity index (χ0) is 14.7. The molecular weight excluding hydrogens is 268 g/mol. The summed E-state index contributed by atoms with van der Waals surface area (Å²) in [5.74, 6) is 0. The maximum atomic E-state index is 9.28. The molecule has 2 aromatic carbocycles. The fourth-order valence-corrected chi connectivity index (χ4v) is 2.69. The molecule has 0 bridgehead atoms. The van der Waals surface area contributed by atoms with Gasteiger partial charge in [0.25, 0.3) is 0 Å². The van der Waals surface area contributed by atoms with E-state index < -0.39 is 0 Å². The van der Waals surface area contributed by atoms with Gasteiger partial charge in [0.2, 0.25) is 0 Å². The van der Waals surface area contributed by atoms with Gasteiger partial charge in [0.05, 0.1) is 6.61 Å². The third-order valence-corrected chi connectivity index (χ3v) is 3.66. The van der Waals surface area contributed by atoms with Crippen molar-refractivity contribution in [3.05, 3.63) is 42.0 Å². The summed E-state index contributed by atoms with van der Waals surface area (Å²) in [6, 6.07) is 12.4. The number of benzene rings is 2. The molecule has 3 nitrogen and oxygen atoms in total. The van der Waals surface area contributed by atoms with Gasteiger partial charge >= 0.3 is 0 Å². The summed E-state index contributed by atoms with van der Waals surface area (Å²) in [4.78, 5) is 2.59. The van der Waals surface area contributed by atoms with Crippen molar-refractivity contribution < 1.29 is 5.11 Å². The Hall–Kier alpha value is -1.65. The summed E-state index contributed by atoms with van der Waals surface area (Å²) in [7, 11) is 0. The van der Waals surface area contributed by atoms with Crippen LogP contribution in [0, 0.1) is 0 Å². The summed E-state index contributed by atoms with van der Waals surface area (Å²) < 4.78 is 0. The number of anilines is 1. The zero-order valence-corrected chi connectivity index (χ0v) is 12.7. The number of nitrogens with two attached hydrogens (primary N) is 1. The summed E-state index contributed by atoms with van der Waals surface area (Å²) in [5, 5.41) is 11.4. The molecule has 3 N–H and O–H groups in total. The van der Waals surface area contributed by atoms with E-state index in [0.29, 0.717) is 17.6 Å². The SMILES string of the molecule is CC(C)N(CCO)c1ccc(C(N)=S)c2ccccc12. The molecule has 0 saturated heterocycles. The Bertz CT molecular complexity index is 625. The van der Waals surface area contributed by atoms with Crippen LogP contribution in [-0.2, 0) is 0 Å². The van der Waals surface area contributed by atoms with Crippen LogP contribution in [0.2, 0.25) is 0 Å². The van der Waals surface area contributed by atoms with Gasteiger partial charge in [-0.2, -0.15) is 0 Å². The number of fused-ring (bicyclic) bond motifs is 1. The van der Waals surface area contributed by atoms with Gasteiger partial charge in [-0.3, -0.25) is 0 Å². The first-order valence-electron chi connectivity index (χ1n) is 6.75. The number of hydrogen-bond donors (Lipinski definition) is 2. The Morgan fingerprint density at radius 1 is 1.20 bits per heavy atom. The minimum Gasteiger partial charge on any atom is -0.395 e. The molecule has 2 rings (SSSR count). The van der Waals surface area contributed by atoms with Gasteiger partial charge in [-0.15, -0.1) is 0 Å².